The number of hydrogen-bond donors (Lipinski definition) is 1. The molecule has 0 bridgehead atoms. The summed E-state index contributed by atoms with van der Waals surface area (Å²) in [4.78, 5) is 13.3. The van der Waals surface area contributed by atoms with E-state index in [0.29, 0.717) is 11.6 Å². The van der Waals surface area contributed by atoms with E-state index in [0.717, 1.165) is 22.2 Å². The zero-order valence-electron chi connectivity index (χ0n) is 13.9. The van der Waals surface area contributed by atoms with E-state index in [2.05, 4.69) is 24.3 Å². The molecule has 2 aromatic rings. The number of hydrogen-bond acceptors (Lipinski definition) is 3. The minimum absolute atomic E-state index is 0.219. The number of anilines is 1. The lowest BCUT2D eigenvalue weighted by Gasteiger charge is -2.15. The van der Waals surface area contributed by atoms with Crippen molar-refractivity contribution in [2.45, 2.75) is 39.3 Å². The van der Waals surface area contributed by atoms with Crippen LogP contribution in [0.4, 0.5) is 18.9 Å². The average Bonchev–Trinajstić information content (AvgIpc) is 3.03. The van der Waals surface area contributed by atoms with Gasteiger partial charge >= 0.3 is 6.18 Å². The molecule has 0 spiro atoms. The molecule has 132 valence electrons. The molecule has 0 aliphatic carbocycles. The standard InChI is InChI=1S/C16H20F3N3OS/c1-9(2)7-10(3)13-12(5-6-24-13)20-15(23)11-8-22(4)21-14(11)16(17,18)19/h5-6,8-10H,7H2,1-4H3,(H,20,23)/t10-/m1/s1. The van der Waals surface area contributed by atoms with Crippen LogP contribution >= 0.6 is 11.3 Å². The number of halogens is 3. The molecule has 2 aromatic heterocycles. The van der Waals surface area contributed by atoms with Gasteiger partial charge in [0, 0.05) is 18.1 Å². The highest BCUT2D eigenvalue weighted by Gasteiger charge is 2.39. The topological polar surface area (TPSA) is 46.9 Å². The number of nitrogens with zero attached hydrogens (tertiary/aromatic N) is 2. The summed E-state index contributed by atoms with van der Waals surface area (Å²) in [7, 11) is 1.35. The van der Waals surface area contributed by atoms with Crippen LogP contribution in [-0.4, -0.2) is 15.7 Å². The fourth-order valence-corrected chi connectivity index (χ4v) is 3.60. The van der Waals surface area contributed by atoms with Crippen LogP contribution in [0.5, 0.6) is 0 Å². The Hall–Kier alpha value is -1.83. The molecule has 0 unspecified atom stereocenters. The van der Waals surface area contributed by atoms with Crippen molar-refractivity contribution in [2.24, 2.45) is 13.0 Å². The number of amides is 1. The molecule has 1 amide bonds. The molecule has 1 N–H and O–H groups in total. The number of aryl methyl sites for hydroxylation is 1. The van der Waals surface area contributed by atoms with Gasteiger partial charge in [-0.25, -0.2) is 0 Å². The van der Waals surface area contributed by atoms with E-state index in [4.69, 9.17) is 0 Å². The summed E-state index contributed by atoms with van der Waals surface area (Å²) >= 11 is 1.49. The maximum atomic E-state index is 13.0. The quantitative estimate of drug-likeness (QED) is 0.825. The Kier molecular flexibility index (Phi) is 5.37. The maximum Gasteiger partial charge on any atom is 0.435 e. The third kappa shape index (κ3) is 4.17. The van der Waals surface area contributed by atoms with Gasteiger partial charge in [-0.2, -0.15) is 18.3 Å². The van der Waals surface area contributed by atoms with Gasteiger partial charge in [0.2, 0.25) is 0 Å². The number of carbonyl (C=O) groups is 1. The number of rotatable bonds is 5. The Morgan fingerprint density at radius 2 is 2.04 bits per heavy atom. The van der Waals surface area contributed by atoms with Crippen molar-refractivity contribution in [2.75, 3.05) is 5.32 Å². The molecule has 2 rings (SSSR count). The van der Waals surface area contributed by atoms with Gasteiger partial charge < -0.3 is 5.32 Å². The second kappa shape index (κ2) is 6.96. The highest BCUT2D eigenvalue weighted by atomic mass is 32.1. The van der Waals surface area contributed by atoms with E-state index in [9.17, 15) is 18.0 Å². The SMILES string of the molecule is CC(C)C[C@@H](C)c1sccc1NC(=O)c1cn(C)nc1C(F)(F)F. The lowest BCUT2D eigenvalue weighted by molar-refractivity contribution is -0.141. The molecule has 0 aromatic carbocycles. The van der Waals surface area contributed by atoms with Gasteiger partial charge in [0.1, 0.15) is 0 Å². The van der Waals surface area contributed by atoms with Gasteiger partial charge in [0.15, 0.2) is 5.69 Å². The average molecular weight is 359 g/mol. The van der Waals surface area contributed by atoms with Crippen molar-refractivity contribution >= 4 is 22.9 Å². The minimum atomic E-state index is -4.67. The van der Waals surface area contributed by atoms with Crippen molar-refractivity contribution < 1.29 is 18.0 Å². The molecular formula is C16H20F3N3OS. The Balaban J connectivity index is 2.25. The van der Waals surface area contributed by atoms with Crippen molar-refractivity contribution in [1.29, 1.82) is 0 Å². The fraction of sp³-hybridized carbons (Fsp3) is 0.500. The molecule has 2 heterocycles. The van der Waals surface area contributed by atoms with E-state index in [1.165, 1.54) is 18.4 Å². The molecule has 0 fully saturated rings. The summed E-state index contributed by atoms with van der Waals surface area (Å²) in [6, 6.07) is 1.72. The Bertz CT molecular complexity index is 718. The van der Waals surface area contributed by atoms with E-state index in [1.54, 1.807) is 6.07 Å². The number of aromatic nitrogens is 2. The zero-order valence-corrected chi connectivity index (χ0v) is 14.8. The first-order valence-electron chi connectivity index (χ1n) is 7.59. The normalized spacial score (nSPS) is 13.3. The van der Waals surface area contributed by atoms with Crippen molar-refractivity contribution in [3.05, 3.63) is 33.8 Å². The predicted molar refractivity (Wildman–Crippen MR) is 88.4 cm³/mol. The van der Waals surface area contributed by atoms with Gasteiger partial charge in [0.25, 0.3) is 5.91 Å². The van der Waals surface area contributed by atoms with Gasteiger partial charge in [-0.3, -0.25) is 9.48 Å². The number of carbonyl (C=O) groups excluding carboxylic acids is 1. The second-order valence-electron chi connectivity index (χ2n) is 6.25. The molecule has 4 nitrogen and oxygen atoms in total. The van der Waals surface area contributed by atoms with Crippen LogP contribution in [0.2, 0.25) is 0 Å². The highest BCUT2D eigenvalue weighted by Crippen LogP contribution is 2.35. The summed E-state index contributed by atoms with van der Waals surface area (Å²) in [5.74, 6) is -0.0936. The monoisotopic (exact) mass is 359 g/mol. The van der Waals surface area contributed by atoms with E-state index < -0.39 is 23.3 Å². The van der Waals surface area contributed by atoms with Crippen LogP contribution in [0.3, 0.4) is 0 Å². The number of nitrogens with one attached hydrogen (secondary N) is 1. The van der Waals surface area contributed by atoms with Crippen LogP contribution in [0, 0.1) is 5.92 Å². The van der Waals surface area contributed by atoms with E-state index in [1.807, 2.05) is 12.3 Å². The predicted octanol–water partition coefficient (Wildman–Crippen LogP) is 4.90. The van der Waals surface area contributed by atoms with Crippen molar-refractivity contribution in [3.8, 4) is 0 Å². The van der Waals surface area contributed by atoms with Crippen LogP contribution in [0.1, 0.15) is 54.0 Å². The molecule has 0 saturated heterocycles. The van der Waals surface area contributed by atoms with E-state index >= 15 is 0 Å². The van der Waals surface area contributed by atoms with Gasteiger partial charge in [0.05, 0.1) is 11.3 Å². The molecule has 0 aliphatic rings. The van der Waals surface area contributed by atoms with Gasteiger partial charge in [-0.1, -0.05) is 20.8 Å². The van der Waals surface area contributed by atoms with Gasteiger partial charge in [-0.15, -0.1) is 11.3 Å². The zero-order chi connectivity index (χ0) is 18.1. The molecule has 0 saturated carbocycles. The summed E-state index contributed by atoms with van der Waals surface area (Å²) in [5.41, 5.74) is -1.08. The molecule has 0 radical (unpaired) electrons. The summed E-state index contributed by atoms with van der Waals surface area (Å²) in [6.07, 6.45) is -2.65. The summed E-state index contributed by atoms with van der Waals surface area (Å²) in [5, 5.41) is 7.80. The third-order valence-electron chi connectivity index (χ3n) is 3.56. The second-order valence-corrected chi connectivity index (χ2v) is 7.19. The fourth-order valence-electron chi connectivity index (χ4n) is 2.67. The Morgan fingerprint density at radius 1 is 1.38 bits per heavy atom. The highest BCUT2D eigenvalue weighted by molar-refractivity contribution is 7.10. The molecular weight excluding hydrogens is 339 g/mol. The van der Waals surface area contributed by atoms with Crippen molar-refractivity contribution in [3.63, 3.8) is 0 Å². The first kappa shape index (κ1) is 18.5. The number of alkyl halides is 3. The summed E-state index contributed by atoms with van der Waals surface area (Å²) in [6.45, 7) is 6.26. The molecule has 24 heavy (non-hydrogen) atoms. The van der Waals surface area contributed by atoms with Crippen LogP contribution < -0.4 is 5.32 Å². The van der Waals surface area contributed by atoms with Crippen LogP contribution in [0.15, 0.2) is 17.6 Å². The minimum Gasteiger partial charge on any atom is -0.321 e. The van der Waals surface area contributed by atoms with E-state index in [-0.39, 0.29) is 5.92 Å². The third-order valence-corrected chi connectivity index (χ3v) is 4.71. The smallest absolute Gasteiger partial charge is 0.321 e. The Labute approximate surface area is 142 Å². The molecule has 1 atom stereocenters. The molecule has 8 heteroatoms. The molecule has 0 aliphatic heterocycles. The van der Waals surface area contributed by atoms with Crippen LogP contribution in [0.25, 0.3) is 0 Å². The van der Waals surface area contributed by atoms with Crippen LogP contribution in [-0.2, 0) is 13.2 Å². The summed E-state index contributed by atoms with van der Waals surface area (Å²) < 4.78 is 40.0. The lowest BCUT2D eigenvalue weighted by Crippen LogP contribution is -2.18. The Morgan fingerprint density at radius 3 is 2.62 bits per heavy atom. The largest absolute Gasteiger partial charge is 0.435 e. The maximum absolute atomic E-state index is 13.0. The van der Waals surface area contributed by atoms with Crippen molar-refractivity contribution in [1.82, 2.24) is 9.78 Å². The first-order valence-corrected chi connectivity index (χ1v) is 8.47. The lowest BCUT2D eigenvalue weighted by atomic mass is 9.97. The number of thiophene rings is 1. The van der Waals surface area contributed by atoms with Gasteiger partial charge in [-0.05, 0) is 29.7 Å². The first-order chi connectivity index (χ1) is 11.1.